The first kappa shape index (κ1) is 19.5. The molecular formula is C21H30N4O2. The number of hydrogen-bond acceptors (Lipinski definition) is 5. The van der Waals surface area contributed by atoms with E-state index in [9.17, 15) is 4.79 Å². The normalized spacial score (nSPS) is 16.6. The molecule has 0 N–H and O–H groups in total. The molecule has 0 unspecified atom stereocenters. The third-order valence-electron chi connectivity index (χ3n) is 4.92. The van der Waals surface area contributed by atoms with E-state index in [4.69, 9.17) is 9.52 Å². The van der Waals surface area contributed by atoms with E-state index in [-0.39, 0.29) is 11.3 Å². The summed E-state index contributed by atoms with van der Waals surface area (Å²) in [6, 6.07) is 6.10. The second-order valence-corrected chi connectivity index (χ2v) is 8.36. The van der Waals surface area contributed by atoms with Crippen LogP contribution < -0.4 is 5.49 Å². The first-order chi connectivity index (χ1) is 12.9. The van der Waals surface area contributed by atoms with Crippen molar-refractivity contribution in [2.24, 2.45) is 4.99 Å². The van der Waals surface area contributed by atoms with Gasteiger partial charge < -0.3 is 4.52 Å². The van der Waals surface area contributed by atoms with Crippen LogP contribution >= 0.6 is 0 Å². The quantitative estimate of drug-likeness (QED) is 0.795. The van der Waals surface area contributed by atoms with Gasteiger partial charge in [0.05, 0.1) is 6.04 Å². The molecule has 146 valence electrons. The Morgan fingerprint density at radius 1 is 1.26 bits per heavy atom. The first-order valence-electron chi connectivity index (χ1n) is 10.0. The number of rotatable bonds is 5. The lowest BCUT2D eigenvalue weighted by molar-refractivity contribution is 0.0893. The van der Waals surface area contributed by atoms with E-state index in [0.717, 1.165) is 18.3 Å². The lowest BCUT2D eigenvalue weighted by Crippen LogP contribution is -2.28. The molecule has 1 aliphatic rings. The number of carbonyl (C=O) groups is 1. The molecule has 3 rings (SSSR count). The van der Waals surface area contributed by atoms with Gasteiger partial charge in [-0.3, -0.25) is 14.4 Å². The molecule has 0 amide bonds. The second-order valence-electron chi connectivity index (χ2n) is 8.36. The summed E-state index contributed by atoms with van der Waals surface area (Å²) in [6.07, 6.45) is 9.53. The SMILES string of the molecule is CC(C)(C)c1noc(CCCC(=O)n2ccccc2=NC2CCCCC2)n1. The van der Waals surface area contributed by atoms with E-state index in [1.54, 1.807) is 4.57 Å². The number of nitrogens with zero attached hydrogens (tertiary/aromatic N) is 4. The van der Waals surface area contributed by atoms with Crippen molar-refractivity contribution in [3.8, 4) is 0 Å². The highest BCUT2D eigenvalue weighted by molar-refractivity contribution is 5.78. The van der Waals surface area contributed by atoms with E-state index >= 15 is 0 Å². The molecule has 2 aromatic heterocycles. The molecule has 2 heterocycles. The van der Waals surface area contributed by atoms with E-state index in [1.807, 2.05) is 24.4 Å². The Morgan fingerprint density at radius 3 is 2.74 bits per heavy atom. The van der Waals surface area contributed by atoms with Gasteiger partial charge in [0.15, 0.2) is 5.82 Å². The Bertz CT molecular complexity index is 823. The number of pyridine rings is 1. The Kier molecular flexibility index (Phi) is 6.24. The van der Waals surface area contributed by atoms with E-state index < -0.39 is 0 Å². The van der Waals surface area contributed by atoms with Crippen molar-refractivity contribution >= 4 is 5.91 Å². The summed E-state index contributed by atoms with van der Waals surface area (Å²) in [4.78, 5) is 22.0. The van der Waals surface area contributed by atoms with Crippen LogP contribution in [0.15, 0.2) is 33.9 Å². The molecular weight excluding hydrogens is 340 g/mol. The zero-order chi connectivity index (χ0) is 19.3. The molecule has 2 aromatic rings. The van der Waals surface area contributed by atoms with Crippen LogP contribution in [0.2, 0.25) is 0 Å². The maximum absolute atomic E-state index is 12.7. The van der Waals surface area contributed by atoms with Crippen molar-refractivity contribution in [2.45, 2.75) is 83.6 Å². The summed E-state index contributed by atoms with van der Waals surface area (Å²) in [5.74, 6) is 1.36. The average molecular weight is 370 g/mol. The predicted octanol–water partition coefficient (Wildman–Crippen LogP) is 4.07. The fraction of sp³-hybridized carbons (Fsp3) is 0.619. The minimum Gasteiger partial charge on any atom is -0.339 e. The van der Waals surface area contributed by atoms with Gasteiger partial charge in [-0.1, -0.05) is 51.3 Å². The van der Waals surface area contributed by atoms with Crippen LogP contribution in [0.1, 0.15) is 82.2 Å². The van der Waals surface area contributed by atoms with Gasteiger partial charge in [-0.2, -0.15) is 4.98 Å². The summed E-state index contributed by atoms with van der Waals surface area (Å²) < 4.78 is 6.99. The van der Waals surface area contributed by atoms with Crippen LogP contribution in [0.3, 0.4) is 0 Å². The van der Waals surface area contributed by atoms with Crippen molar-refractivity contribution < 1.29 is 9.32 Å². The second kappa shape index (κ2) is 8.63. The highest BCUT2D eigenvalue weighted by Gasteiger charge is 2.21. The lowest BCUT2D eigenvalue weighted by atomic mass is 9.96. The fourth-order valence-corrected chi connectivity index (χ4v) is 3.32. The predicted molar refractivity (Wildman–Crippen MR) is 103 cm³/mol. The molecule has 27 heavy (non-hydrogen) atoms. The smallest absolute Gasteiger partial charge is 0.232 e. The van der Waals surface area contributed by atoms with Gasteiger partial charge in [-0.15, -0.1) is 0 Å². The highest BCUT2D eigenvalue weighted by Crippen LogP contribution is 2.20. The van der Waals surface area contributed by atoms with E-state index in [2.05, 4.69) is 30.9 Å². The number of carbonyl (C=O) groups excluding carboxylic acids is 1. The van der Waals surface area contributed by atoms with Crippen LogP contribution in [-0.4, -0.2) is 26.7 Å². The molecule has 6 heteroatoms. The van der Waals surface area contributed by atoms with Crippen molar-refractivity contribution in [3.05, 3.63) is 41.6 Å². The third kappa shape index (κ3) is 5.37. The molecule has 1 aliphatic carbocycles. The summed E-state index contributed by atoms with van der Waals surface area (Å²) in [5.41, 5.74) is 0.634. The summed E-state index contributed by atoms with van der Waals surface area (Å²) in [7, 11) is 0. The topological polar surface area (TPSA) is 73.3 Å². The van der Waals surface area contributed by atoms with Crippen molar-refractivity contribution in [3.63, 3.8) is 0 Å². The first-order valence-corrected chi connectivity index (χ1v) is 10.0. The summed E-state index contributed by atoms with van der Waals surface area (Å²) in [5, 5.41) is 4.03. The van der Waals surface area contributed by atoms with Crippen molar-refractivity contribution in [2.75, 3.05) is 0 Å². The fourth-order valence-electron chi connectivity index (χ4n) is 3.32. The number of aromatic nitrogens is 3. The van der Waals surface area contributed by atoms with Gasteiger partial charge in [0.25, 0.3) is 0 Å². The summed E-state index contributed by atoms with van der Waals surface area (Å²) in [6.45, 7) is 6.15. The minimum absolute atomic E-state index is 0.0562. The van der Waals surface area contributed by atoms with Crippen LogP contribution in [0, 0.1) is 0 Å². The molecule has 6 nitrogen and oxygen atoms in total. The summed E-state index contributed by atoms with van der Waals surface area (Å²) >= 11 is 0. The molecule has 1 fully saturated rings. The molecule has 0 atom stereocenters. The van der Waals surface area contributed by atoms with Crippen LogP contribution in [-0.2, 0) is 11.8 Å². The van der Waals surface area contributed by atoms with Crippen LogP contribution in [0.4, 0.5) is 0 Å². The molecule has 0 bridgehead atoms. The molecule has 0 aromatic carbocycles. The molecule has 0 saturated heterocycles. The van der Waals surface area contributed by atoms with Gasteiger partial charge >= 0.3 is 0 Å². The van der Waals surface area contributed by atoms with Gasteiger partial charge in [-0.25, -0.2) is 0 Å². The average Bonchev–Trinajstić information content (AvgIpc) is 3.12. The van der Waals surface area contributed by atoms with E-state index in [1.165, 1.54) is 19.3 Å². The van der Waals surface area contributed by atoms with Crippen LogP contribution in [0.5, 0.6) is 0 Å². The van der Waals surface area contributed by atoms with E-state index in [0.29, 0.717) is 37.0 Å². The molecule has 0 spiro atoms. The maximum Gasteiger partial charge on any atom is 0.232 e. The molecule has 1 saturated carbocycles. The zero-order valence-electron chi connectivity index (χ0n) is 16.6. The molecule has 0 aliphatic heterocycles. The van der Waals surface area contributed by atoms with Gasteiger partial charge in [0.2, 0.25) is 11.8 Å². The standard InChI is InChI=1S/C21H30N4O2/c1-21(2,3)20-23-18(27-24-20)13-9-14-19(26)25-15-8-7-12-17(25)22-16-10-5-4-6-11-16/h7-8,12,15-16H,4-6,9-11,13-14H2,1-3H3. The zero-order valence-corrected chi connectivity index (χ0v) is 16.6. The monoisotopic (exact) mass is 370 g/mol. The highest BCUT2D eigenvalue weighted by atomic mass is 16.5. The number of hydrogen-bond donors (Lipinski definition) is 0. The third-order valence-corrected chi connectivity index (χ3v) is 4.92. The number of aryl methyl sites for hydroxylation is 1. The Balaban J connectivity index is 1.61. The van der Waals surface area contributed by atoms with Crippen molar-refractivity contribution in [1.29, 1.82) is 0 Å². The van der Waals surface area contributed by atoms with Crippen molar-refractivity contribution in [1.82, 2.24) is 14.7 Å². The van der Waals surface area contributed by atoms with Gasteiger partial charge in [0.1, 0.15) is 5.49 Å². The molecule has 0 radical (unpaired) electrons. The maximum atomic E-state index is 12.7. The van der Waals surface area contributed by atoms with Crippen LogP contribution in [0.25, 0.3) is 0 Å². The Hall–Kier alpha value is -2.24. The Labute approximate surface area is 160 Å². The Morgan fingerprint density at radius 2 is 2.04 bits per heavy atom. The largest absolute Gasteiger partial charge is 0.339 e. The lowest BCUT2D eigenvalue weighted by Gasteiger charge is -2.17. The van der Waals surface area contributed by atoms with Gasteiger partial charge in [0, 0.05) is 24.5 Å². The van der Waals surface area contributed by atoms with Gasteiger partial charge in [-0.05, 0) is 31.4 Å². The minimum atomic E-state index is -0.132.